The van der Waals surface area contributed by atoms with E-state index in [0.717, 1.165) is 37.2 Å². The highest BCUT2D eigenvalue weighted by Gasteiger charge is 2.42. The number of nitrogens with zero attached hydrogens (tertiary/aromatic N) is 3. The van der Waals surface area contributed by atoms with Crippen LogP contribution in [0, 0.1) is 18.8 Å². The Kier molecular flexibility index (Phi) is 4.21. The first-order valence-electron chi connectivity index (χ1n) is 8.68. The van der Waals surface area contributed by atoms with Gasteiger partial charge in [0.25, 0.3) is 5.91 Å². The molecule has 0 radical (unpaired) electrons. The molecule has 130 valence electrons. The van der Waals surface area contributed by atoms with E-state index in [1.54, 1.807) is 18.2 Å². The zero-order valence-corrected chi connectivity index (χ0v) is 14.9. The Labute approximate surface area is 152 Å². The highest BCUT2D eigenvalue weighted by molar-refractivity contribution is 6.30. The molecule has 1 aliphatic heterocycles. The van der Waals surface area contributed by atoms with E-state index in [1.165, 1.54) is 0 Å². The van der Waals surface area contributed by atoms with Crippen molar-refractivity contribution in [2.45, 2.75) is 25.8 Å². The highest BCUT2D eigenvalue weighted by atomic mass is 35.5. The van der Waals surface area contributed by atoms with Crippen LogP contribution < -0.4 is 5.73 Å². The number of halogens is 1. The molecule has 1 aromatic heterocycles. The van der Waals surface area contributed by atoms with Crippen molar-refractivity contribution in [2.24, 2.45) is 17.6 Å². The van der Waals surface area contributed by atoms with Gasteiger partial charge in [0, 0.05) is 35.4 Å². The van der Waals surface area contributed by atoms with Gasteiger partial charge in [-0.3, -0.25) is 4.79 Å². The molecule has 5 nitrogen and oxygen atoms in total. The quantitative estimate of drug-likeness (QED) is 0.898. The zero-order chi connectivity index (χ0) is 17.6. The minimum atomic E-state index is -0.0256. The Morgan fingerprint density at radius 2 is 1.96 bits per heavy atom. The Morgan fingerprint density at radius 3 is 2.68 bits per heavy atom. The first-order chi connectivity index (χ1) is 12.0. The van der Waals surface area contributed by atoms with Crippen LogP contribution in [0.1, 0.15) is 29.0 Å². The van der Waals surface area contributed by atoms with Crippen LogP contribution in [0.25, 0.3) is 11.4 Å². The number of benzene rings is 1. The van der Waals surface area contributed by atoms with E-state index in [4.69, 9.17) is 17.3 Å². The van der Waals surface area contributed by atoms with Gasteiger partial charge in [0.05, 0.1) is 0 Å². The van der Waals surface area contributed by atoms with Crippen molar-refractivity contribution in [2.75, 3.05) is 13.1 Å². The third-order valence-corrected chi connectivity index (χ3v) is 5.63. The van der Waals surface area contributed by atoms with Crippen molar-refractivity contribution in [1.29, 1.82) is 0 Å². The smallest absolute Gasteiger partial charge is 0.272 e. The number of aromatic nitrogens is 2. The van der Waals surface area contributed by atoms with E-state index in [9.17, 15) is 4.79 Å². The number of fused-ring (bicyclic) bond motifs is 1. The van der Waals surface area contributed by atoms with Crippen LogP contribution in [0.4, 0.5) is 0 Å². The lowest BCUT2D eigenvalue weighted by atomic mass is 9.98. The number of hydrogen-bond acceptors (Lipinski definition) is 4. The number of nitrogens with two attached hydrogens (primary N) is 1. The van der Waals surface area contributed by atoms with Crippen molar-refractivity contribution < 1.29 is 4.79 Å². The molecule has 0 bridgehead atoms. The van der Waals surface area contributed by atoms with Gasteiger partial charge >= 0.3 is 0 Å². The molecule has 2 aliphatic rings. The standard InChI is InChI=1S/C19H21ClN4O/c1-11-8-17(23-18(22-11)12-2-5-14(20)6-3-12)19(25)24-9-13-4-7-16(21)15(13)10-24/h2-3,5-6,8,13,15-16H,4,7,9-10,21H2,1H3. The monoisotopic (exact) mass is 356 g/mol. The summed E-state index contributed by atoms with van der Waals surface area (Å²) in [5, 5.41) is 0.660. The maximum Gasteiger partial charge on any atom is 0.272 e. The third-order valence-electron chi connectivity index (χ3n) is 5.38. The minimum absolute atomic E-state index is 0.0256. The molecule has 0 spiro atoms. The van der Waals surface area contributed by atoms with Crippen LogP contribution in [-0.2, 0) is 0 Å². The molecule has 4 rings (SSSR count). The van der Waals surface area contributed by atoms with Gasteiger partial charge in [0.2, 0.25) is 0 Å². The molecule has 1 aliphatic carbocycles. The van der Waals surface area contributed by atoms with E-state index in [1.807, 2.05) is 24.0 Å². The minimum Gasteiger partial charge on any atom is -0.337 e. The molecule has 25 heavy (non-hydrogen) atoms. The fourth-order valence-corrected chi connectivity index (χ4v) is 4.17. The van der Waals surface area contributed by atoms with Gasteiger partial charge in [-0.25, -0.2) is 9.97 Å². The second-order valence-corrected chi connectivity index (χ2v) is 7.54. The normalized spacial score (nSPS) is 25.2. The van der Waals surface area contributed by atoms with Crippen LogP contribution in [-0.4, -0.2) is 39.9 Å². The summed E-state index contributed by atoms with van der Waals surface area (Å²) in [6, 6.07) is 9.31. The van der Waals surface area contributed by atoms with Gasteiger partial charge in [-0.2, -0.15) is 0 Å². The van der Waals surface area contributed by atoms with Crippen molar-refractivity contribution in [3.8, 4) is 11.4 Å². The van der Waals surface area contributed by atoms with Gasteiger partial charge in [-0.15, -0.1) is 0 Å². The third kappa shape index (κ3) is 3.14. The number of rotatable bonds is 2. The van der Waals surface area contributed by atoms with Crippen molar-refractivity contribution >= 4 is 17.5 Å². The van der Waals surface area contributed by atoms with E-state index < -0.39 is 0 Å². The van der Waals surface area contributed by atoms with E-state index in [2.05, 4.69) is 9.97 Å². The number of aryl methyl sites for hydroxylation is 1. The average Bonchev–Trinajstić information content (AvgIpc) is 3.17. The van der Waals surface area contributed by atoms with Crippen molar-refractivity contribution in [3.05, 3.63) is 46.7 Å². The summed E-state index contributed by atoms with van der Waals surface area (Å²) in [6.45, 7) is 3.41. The summed E-state index contributed by atoms with van der Waals surface area (Å²) in [5.74, 6) is 1.50. The largest absolute Gasteiger partial charge is 0.337 e. The lowest BCUT2D eigenvalue weighted by Gasteiger charge is -2.18. The molecule has 6 heteroatoms. The number of amides is 1. The SMILES string of the molecule is Cc1cc(C(=O)N2CC3CCC(N)C3C2)nc(-c2ccc(Cl)cc2)n1. The summed E-state index contributed by atoms with van der Waals surface area (Å²) >= 11 is 5.94. The van der Waals surface area contributed by atoms with Gasteiger partial charge < -0.3 is 10.6 Å². The summed E-state index contributed by atoms with van der Waals surface area (Å²) in [6.07, 6.45) is 2.19. The van der Waals surface area contributed by atoms with E-state index >= 15 is 0 Å². The zero-order valence-electron chi connectivity index (χ0n) is 14.2. The van der Waals surface area contributed by atoms with Gasteiger partial charge in [-0.1, -0.05) is 11.6 Å². The Morgan fingerprint density at radius 1 is 1.20 bits per heavy atom. The maximum absolute atomic E-state index is 12.9. The molecule has 3 unspecified atom stereocenters. The molecule has 3 atom stereocenters. The molecule has 2 N–H and O–H groups in total. The highest BCUT2D eigenvalue weighted by Crippen LogP contribution is 2.37. The lowest BCUT2D eigenvalue weighted by molar-refractivity contribution is 0.0773. The predicted molar refractivity (Wildman–Crippen MR) is 97.3 cm³/mol. The van der Waals surface area contributed by atoms with E-state index in [0.29, 0.717) is 28.4 Å². The predicted octanol–water partition coefficient (Wildman–Crippen LogP) is 2.91. The summed E-state index contributed by atoms with van der Waals surface area (Å²) in [4.78, 5) is 23.8. The van der Waals surface area contributed by atoms with Gasteiger partial charge in [0.1, 0.15) is 5.69 Å². The van der Waals surface area contributed by atoms with Crippen LogP contribution >= 0.6 is 11.6 Å². The van der Waals surface area contributed by atoms with Crippen molar-refractivity contribution in [3.63, 3.8) is 0 Å². The first-order valence-corrected chi connectivity index (χ1v) is 9.05. The molecule has 1 aromatic carbocycles. The Bertz CT molecular complexity index is 808. The second-order valence-electron chi connectivity index (χ2n) is 7.10. The van der Waals surface area contributed by atoms with Crippen LogP contribution in [0.3, 0.4) is 0 Å². The van der Waals surface area contributed by atoms with Crippen LogP contribution in [0.5, 0.6) is 0 Å². The number of likely N-dealkylation sites (tertiary alicyclic amines) is 1. The molecule has 1 amide bonds. The molecule has 1 saturated heterocycles. The van der Waals surface area contributed by atoms with Crippen molar-refractivity contribution in [1.82, 2.24) is 14.9 Å². The van der Waals surface area contributed by atoms with Crippen LogP contribution in [0.15, 0.2) is 30.3 Å². The second kappa shape index (κ2) is 6.39. The number of hydrogen-bond donors (Lipinski definition) is 1. The average molecular weight is 357 g/mol. The lowest BCUT2D eigenvalue weighted by Crippen LogP contribution is -2.34. The fraction of sp³-hybridized carbons (Fsp3) is 0.421. The van der Waals surface area contributed by atoms with Gasteiger partial charge in [-0.05, 0) is 61.9 Å². The summed E-state index contributed by atoms with van der Waals surface area (Å²) in [5.41, 5.74) is 8.26. The molecule has 2 aromatic rings. The van der Waals surface area contributed by atoms with Crippen LogP contribution in [0.2, 0.25) is 5.02 Å². The molecular formula is C19H21ClN4O. The maximum atomic E-state index is 12.9. The summed E-state index contributed by atoms with van der Waals surface area (Å²) in [7, 11) is 0. The topological polar surface area (TPSA) is 72.1 Å². The first kappa shape index (κ1) is 16.5. The number of carbonyl (C=O) groups is 1. The Hall–Kier alpha value is -1.98. The Balaban J connectivity index is 1.60. The molecule has 2 heterocycles. The van der Waals surface area contributed by atoms with E-state index in [-0.39, 0.29) is 11.9 Å². The van der Waals surface area contributed by atoms with Gasteiger partial charge in [0.15, 0.2) is 5.82 Å². The number of carbonyl (C=O) groups excluding carboxylic acids is 1. The molecule has 2 fully saturated rings. The fourth-order valence-electron chi connectivity index (χ4n) is 4.04. The molecular weight excluding hydrogens is 336 g/mol. The summed E-state index contributed by atoms with van der Waals surface area (Å²) < 4.78 is 0. The molecule has 1 saturated carbocycles.